The van der Waals surface area contributed by atoms with Crippen LogP contribution in [-0.4, -0.2) is 63.8 Å². The molecule has 1 saturated heterocycles. The van der Waals surface area contributed by atoms with E-state index in [0.717, 1.165) is 0 Å². The van der Waals surface area contributed by atoms with Gasteiger partial charge < -0.3 is 33.9 Å². The summed E-state index contributed by atoms with van der Waals surface area (Å²) in [6.07, 6.45) is -5.85. The number of aliphatic hydroxyl groups excluding tert-OH is 3. The number of hydrogen-bond acceptors (Lipinski definition) is 9. The van der Waals surface area contributed by atoms with Crippen molar-refractivity contribution in [1.82, 2.24) is 4.57 Å². The third-order valence-electron chi connectivity index (χ3n) is 5.56. The highest BCUT2D eigenvalue weighted by Gasteiger charge is 2.42. The van der Waals surface area contributed by atoms with E-state index >= 15 is 0 Å². The Bertz CT molecular complexity index is 1340. The van der Waals surface area contributed by atoms with E-state index in [1.165, 1.54) is 29.8 Å². The highest BCUT2D eigenvalue weighted by atomic mass is 35.5. The number of fused-ring (bicyclic) bond motifs is 1. The summed E-state index contributed by atoms with van der Waals surface area (Å²) in [5.74, 6) is -0.812. The second-order valence-electron chi connectivity index (χ2n) is 8.02. The Labute approximate surface area is 203 Å². The topological polar surface area (TPSA) is 136 Å². The molecule has 1 aliphatic heterocycles. The van der Waals surface area contributed by atoms with E-state index in [1.807, 2.05) is 0 Å². The number of nitrogens with zero attached hydrogens (tertiary/aromatic N) is 2. The molecule has 0 radical (unpaired) electrons. The third-order valence-corrected chi connectivity index (χ3v) is 5.85. The summed E-state index contributed by atoms with van der Waals surface area (Å²) in [5, 5.41) is 30.0. The lowest BCUT2D eigenvalue weighted by Gasteiger charge is -2.38. The first-order valence-corrected chi connectivity index (χ1v) is 11.1. The minimum absolute atomic E-state index is 0.0122. The van der Waals surface area contributed by atoms with Crippen molar-refractivity contribution in [3.05, 3.63) is 63.3 Å². The van der Waals surface area contributed by atoms with E-state index in [4.69, 9.17) is 30.2 Å². The number of benzene rings is 2. The number of aromatic nitrogens is 1. The molecule has 3 N–H and O–H groups in total. The molecule has 4 rings (SSSR count). The van der Waals surface area contributed by atoms with Crippen LogP contribution in [0.25, 0.3) is 11.0 Å². The SMILES string of the molecule is C[C@@H]1O[C@@H](OCCOc2ccc3oc(=O)n(C)c(=Nc4ccc(F)c(Cl)c4)c3c2)[C@H](O)[C@H](O)[C@H]1O. The highest BCUT2D eigenvalue weighted by molar-refractivity contribution is 6.31. The van der Waals surface area contributed by atoms with E-state index in [0.29, 0.717) is 16.8 Å². The molecule has 12 heteroatoms. The first kappa shape index (κ1) is 25.3. The summed E-state index contributed by atoms with van der Waals surface area (Å²) in [4.78, 5) is 16.7. The first-order chi connectivity index (χ1) is 16.7. The summed E-state index contributed by atoms with van der Waals surface area (Å²) < 4.78 is 36.6. The Morgan fingerprint density at radius 3 is 2.63 bits per heavy atom. The predicted molar refractivity (Wildman–Crippen MR) is 122 cm³/mol. The van der Waals surface area contributed by atoms with Crippen LogP contribution in [0.3, 0.4) is 0 Å². The van der Waals surface area contributed by atoms with Gasteiger partial charge >= 0.3 is 5.76 Å². The van der Waals surface area contributed by atoms with Crippen LogP contribution < -0.4 is 16.0 Å². The second-order valence-corrected chi connectivity index (χ2v) is 8.43. The van der Waals surface area contributed by atoms with Crippen molar-refractivity contribution in [3.63, 3.8) is 0 Å². The van der Waals surface area contributed by atoms with Crippen molar-refractivity contribution < 1.29 is 38.3 Å². The zero-order valence-electron chi connectivity index (χ0n) is 18.8. The fourth-order valence-corrected chi connectivity index (χ4v) is 3.75. The molecule has 1 aromatic heterocycles. The van der Waals surface area contributed by atoms with Crippen LogP contribution in [0.5, 0.6) is 5.75 Å². The fourth-order valence-electron chi connectivity index (χ4n) is 3.58. The van der Waals surface area contributed by atoms with Crippen LogP contribution in [0.2, 0.25) is 5.02 Å². The molecular formula is C23H24ClFN2O8. The van der Waals surface area contributed by atoms with E-state index in [2.05, 4.69) is 4.99 Å². The minimum atomic E-state index is -1.41. The van der Waals surface area contributed by atoms with Crippen LogP contribution in [0.1, 0.15) is 6.92 Å². The normalized spacial score (nSPS) is 25.2. The molecule has 2 aromatic carbocycles. The summed E-state index contributed by atoms with van der Waals surface area (Å²) in [6, 6.07) is 8.72. The van der Waals surface area contributed by atoms with Crippen molar-refractivity contribution in [2.75, 3.05) is 13.2 Å². The molecule has 0 bridgehead atoms. The summed E-state index contributed by atoms with van der Waals surface area (Å²) in [6.45, 7) is 1.63. The molecule has 5 atom stereocenters. The molecule has 0 saturated carbocycles. The van der Waals surface area contributed by atoms with Crippen LogP contribution in [-0.2, 0) is 16.5 Å². The van der Waals surface area contributed by atoms with Gasteiger partial charge in [0.1, 0.15) is 47.6 Å². The molecule has 0 spiro atoms. The van der Waals surface area contributed by atoms with Crippen molar-refractivity contribution in [2.45, 2.75) is 37.6 Å². The molecule has 10 nitrogen and oxygen atoms in total. The van der Waals surface area contributed by atoms with Crippen molar-refractivity contribution in [1.29, 1.82) is 0 Å². The molecule has 2 heterocycles. The molecule has 0 unspecified atom stereocenters. The number of aliphatic hydroxyl groups is 3. The van der Waals surface area contributed by atoms with Gasteiger partial charge in [0.15, 0.2) is 6.29 Å². The molecule has 0 amide bonds. The zero-order chi connectivity index (χ0) is 25.3. The monoisotopic (exact) mass is 510 g/mol. The molecule has 35 heavy (non-hydrogen) atoms. The van der Waals surface area contributed by atoms with Gasteiger partial charge in [0, 0.05) is 7.05 Å². The van der Waals surface area contributed by atoms with Crippen molar-refractivity contribution >= 4 is 28.3 Å². The molecule has 1 fully saturated rings. The van der Waals surface area contributed by atoms with Gasteiger partial charge in [0.2, 0.25) is 0 Å². The number of halogens is 2. The average Bonchev–Trinajstić information content (AvgIpc) is 2.83. The van der Waals surface area contributed by atoms with Gasteiger partial charge in [0.05, 0.1) is 28.8 Å². The molecular weight excluding hydrogens is 487 g/mol. The van der Waals surface area contributed by atoms with Crippen LogP contribution in [0.15, 0.2) is 50.6 Å². The average molecular weight is 511 g/mol. The Morgan fingerprint density at radius 2 is 1.89 bits per heavy atom. The third kappa shape index (κ3) is 5.40. The molecule has 188 valence electrons. The number of ether oxygens (including phenoxy) is 3. The maximum Gasteiger partial charge on any atom is 0.420 e. The summed E-state index contributed by atoms with van der Waals surface area (Å²) >= 11 is 5.85. The fraction of sp³-hybridized carbons (Fsp3) is 0.391. The largest absolute Gasteiger partial charge is 0.491 e. The van der Waals surface area contributed by atoms with Gasteiger partial charge in [-0.25, -0.2) is 14.2 Å². The van der Waals surface area contributed by atoms with E-state index in [9.17, 15) is 24.5 Å². The lowest BCUT2D eigenvalue weighted by molar-refractivity contribution is -0.293. The quantitative estimate of drug-likeness (QED) is 0.423. The smallest absolute Gasteiger partial charge is 0.420 e. The van der Waals surface area contributed by atoms with Crippen LogP contribution in [0.4, 0.5) is 10.1 Å². The molecule has 1 aliphatic rings. The van der Waals surface area contributed by atoms with Crippen LogP contribution >= 0.6 is 11.6 Å². The van der Waals surface area contributed by atoms with E-state index in [1.54, 1.807) is 25.1 Å². The summed E-state index contributed by atoms with van der Waals surface area (Å²) in [5.41, 5.74) is 0.857. The van der Waals surface area contributed by atoms with Gasteiger partial charge in [-0.3, -0.25) is 4.57 Å². The maximum absolute atomic E-state index is 13.5. The molecule has 0 aliphatic carbocycles. The number of rotatable bonds is 6. The van der Waals surface area contributed by atoms with Crippen LogP contribution in [0, 0.1) is 5.82 Å². The predicted octanol–water partition coefficient (Wildman–Crippen LogP) is 1.38. The van der Waals surface area contributed by atoms with E-state index < -0.39 is 42.3 Å². The van der Waals surface area contributed by atoms with Gasteiger partial charge in [-0.1, -0.05) is 11.6 Å². The van der Waals surface area contributed by atoms with Crippen molar-refractivity contribution in [2.24, 2.45) is 12.0 Å². The van der Waals surface area contributed by atoms with Gasteiger partial charge in [-0.05, 0) is 43.3 Å². The lowest BCUT2D eigenvalue weighted by atomic mass is 10.0. The minimum Gasteiger partial charge on any atom is -0.491 e. The highest BCUT2D eigenvalue weighted by Crippen LogP contribution is 2.23. The summed E-state index contributed by atoms with van der Waals surface area (Å²) in [7, 11) is 1.48. The molecule has 3 aromatic rings. The Morgan fingerprint density at radius 1 is 1.11 bits per heavy atom. The lowest BCUT2D eigenvalue weighted by Crippen LogP contribution is -2.57. The first-order valence-electron chi connectivity index (χ1n) is 10.7. The van der Waals surface area contributed by atoms with Gasteiger partial charge in [-0.15, -0.1) is 0 Å². The Balaban J connectivity index is 1.53. The van der Waals surface area contributed by atoms with Crippen molar-refractivity contribution in [3.8, 4) is 5.75 Å². The Kier molecular flexibility index (Phi) is 7.55. The van der Waals surface area contributed by atoms with Gasteiger partial charge in [-0.2, -0.15) is 0 Å². The van der Waals surface area contributed by atoms with Gasteiger partial charge in [0.25, 0.3) is 0 Å². The number of hydrogen-bond donors (Lipinski definition) is 3. The van der Waals surface area contributed by atoms with E-state index in [-0.39, 0.29) is 29.3 Å². The maximum atomic E-state index is 13.5. The zero-order valence-corrected chi connectivity index (χ0v) is 19.6. The second kappa shape index (κ2) is 10.4. The standard InChI is InChI=1S/C23H24ClFN2O8/c1-11-18(28)19(29)20(30)22(34-11)33-8-7-32-13-4-6-17-14(10-13)21(27(2)23(31)35-17)26-12-3-5-16(25)15(24)9-12/h3-6,9-11,18-20,22,28-30H,7-8H2,1-2H3/t11-,18-,19+,20+,22+/m0/s1. The Hall–Kier alpha value is -2.80.